The Morgan fingerprint density at radius 1 is 1.27 bits per heavy atom. The van der Waals surface area contributed by atoms with Gasteiger partial charge in [-0.1, -0.05) is 13.8 Å². The molecular weight excluding hydrogens is 216 g/mol. The van der Waals surface area contributed by atoms with Gasteiger partial charge in [-0.15, -0.1) is 11.3 Å². The molecule has 1 nitrogen and oxygen atoms in total. The quantitative estimate of drug-likeness (QED) is 0.717. The van der Waals surface area contributed by atoms with Crippen LogP contribution in [0.5, 0.6) is 0 Å². The molecule has 0 saturated carbocycles. The number of halogens is 2. The van der Waals surface area contributed by atoms with Crippen molar-refractivity contribution in [1.82, 2.24) is 4.98 Å². The molecule has 1 heterocycles. The Morgan fingerprint density at radius 3 is 2.53 bits per heavy atom. The topological polar surface area (TPSA) is 12.9 Å². The maximum atomic E-state index is 13.6. The van der Waals surface area contributed by atoms with Gasteiger partial charge in [0.15, 0.2) is 5.82 Å². The molecule has 0 atom stereocenters. The molecule has 0 radical (unpaired) electrons. The normalized spacial score (nSPS) is 11.6. The van der Waals surface area contributed by atoms with E-state index >= 15 is 0 Å². The van der Waals surface area contributed by atoms with Gasteiger partial charge >= 0.3 is 0 Å². The lowest BCUT2D eigenvalue weighted by atomic mass is 10.0. The molecule has 0 aliphatic rings. The monoisotopic (exact) mass is 227 g/mol. The van der Waals surface area contributed by atoms with Crippen molar-refractivity contribution in [3.63, 3.8) is 0 Å². The van der Waals surface area contributed by atoms with E-state index in [-0.39, 0.29) is 5.92 Å². The smallest absolute Gasteiger partial charge is 0.153 e. The first-order valence-electron chi connectivity index (χ1n) is 4.75. The number of nitrogens with zero attached hydrogens (tertiary/aromatic N) is 1. The van der Waals surface area contributed by atoms with Crippen molar-refractivity contribution in [3.05, 3.63) is 28.3 Å². The van der Waals surface area contributed by atoms with Crippen molar-refractivity contribution in [2.45, 2.75) is 26.7 Å². The molecule has 0 spiro atoms. The standard InChI is InChI=1S/C11H11F2NS/c1-5(2)9-7(12)4-8(13)10-11(9)15-6(3)14-10/h4-5H,1-3H3. The molecule has 0 unspecified atom stereocenters. The minimum absolute atomic E-state index is 0.0351. The van der Waals surface area contributed by atoms with E-state index in [1.807, 2.05) is 13.8 Å². The number of thiazole rings is 1. The average molecular weight is 227 g/mol. The van der Waals surface area contributed by atoms with Gasteiger partial charge in [-0.25, -0.2) is 13.8 Å². The fourth-order valence-corrected chi connectivity index (χ4v) is 2.79. The van der Waals surface area contributed by atoms with Gasteiger partial charge < -0.3 is 0 Å². The first kappa shape index (κ1) is 10.5. The van der Waals surface area contributed by atoms with Crippen molar-refractivity contribution < 1.29 is 8.78 Å². The molecule has 0 fully saturated rings. The van der Waals surface area contributed by atoms with Gasteiger partial charge in [0.2, 0.25) is 0 Å². The highest BCUT2D eigenvalue weighted by Gasteiger charge is 2.17. The molecule has 0 aliphatic carbocycles. The van der Waals surface area contributed by atoms with Crippen LogP contribution in [0.2, 0.25) is 0 Å². The molecule has 1 aromatic carbocycles. The molecule has 15 heavy (non-hydrogen) atoms. The first-order chi connectivity index (χ1) is 7.00. The summed E-state index contributed by atoms with van der Waals surface area (Å²) in [7, 11) is 0. The minimum atomic E-state index is -0.573. The van der Waals surface area contributed by atoms with Crippen LogP contribution >= 0.6 is 11.3 Å². The fourth-order valence-electron chi connectivity index (χ4n) is 1.68. The van der Waals surface area contributed by atoms with Crippen molar-refractivity contribution in [3.8, 4) is 0 Å². The second-order valence-corrected chi connectivity index (χ2v) is 5.02. The number of aromatic nitrogens is 1. The van der Waals surface area contributed by atoms with Crippen LogP contribution in [-0.4, -0.2) is 4.98 Å². The zero-order chi connectivity index (χ0) is 11.2. The molecule has 2 aromatic rings. The van der Waals surface area contributed by atoms with Crippen LogP contribution in [0.15, 0.2) is 6.07 Å². The minimum Gasteiger partial charge on any atom is -0.238 e. The maximum absolute atomic E-state index is 13.6. The number of aryl methyl sites for hydroxylation is 1. The summed E-state index contributed by atoms with van der Waals surface area (Å²) in [5, 5.41) is 0.761. The highest BCUT2D eigenvalue weighted by Crippen LogP contribution is 2.33. The molecular formula is C11H11F2NS. The summed E-state index contributed by atoms with van der Waals surface area (Å²) in [5.74, 6) is -1.01. The predicted octanol–water partition coefficient (Wildman–Crippen LogP) is 4.01. The highest BCUT2D eigenvalue weighted by molar-refractivity contribution is 7.18. The van der Waals surface area contributed by atoms with Crippen LogP contribution in [0.25, 0.3) is 10.2 Å². The van der Waals surface area contributed by atoms with Crippen molar-refractivity contribution in [2.75, 3.05) is 0 Å². The van der Waals surface area contributed by atoms with Gasteiger partial charge in [-0.2, -0.15) is 0 Å². The summed E-state index contributed by atoms with van der Waals surface area (Å²) in [6.45, 7) is 5.59. The fraction of sp³-hybridized carbons (Fsp3) is 0.364. The van der Waals surface area contributed by atoms with Crippen LogP contribution in [-0.2, 0) is 0 Å². The second kappa shape index (κ2) is 3.52. The van der Waals surface area contributed by atoms with E-state index in [9.17, 15) is 8.78 Å². The second-order valence-electron chi connectivity index (χ2n) is 3.82. The molecule has 0 aliphatic heterocycles. The van der Waals surface area contributed by atoms with Gasteiger partial charge in [-0.05, 0) is 12.8 Å². The van der Waals surface area contributed by atoms with Crippen LogP contribution in [0.3, 0.4) is 0 Å². The van der Waals surface area contributed by atoms with E-state index in [0.29, 0.717) is 15.8 Å². The maximum Gasteiger partial charge on any atom is 0.153 e. The van der Waals surface area contributed by atoms with Crippen LogP contribution in [0.4, 0.5) is 8.78 Å². The Kier molecular flexibility index (Phi) is 2.46. The molecule has 0 N–H and O–H groups in total. The summed E-state index contributed by atoms with van der Waals surface area (Å²) in [4.78, 5) is 4.07. The number of fused-ring (bicyclic) bond motifs is 1. The van der Waals surface area contributed by atoms with Gasteiger partial charge in [0, 0.05) is 11.6 Å². The number of hydrogen-bond donors (Lipinski definition) is 0. The van der Waals surface area contributed by atoms with Crippen LogP contribution in [0, 0.1) is 18.6 Å². The first-order valence-corrected chi connectivity index (χ1v) is 5.57. The Balaban J connectivity index is 2.89. The molecule has 0 amide bonds. The van der Waals surface area contributed by atoms with E-state index in [1.54, 1.807) is 6.92 Å². The lowest BCUT2D eigenvalue weighted by Gasteiger charge is -2.07. The van der Waals surface area contributed by atoms with Crippen molar-refractivity contribution in [1.29, 1.82) is 0 Å². The highest BCUT2D eigenvalue weighted by atomic mass is 32.1. The average Bonchev–Trinajstić information content (AvgIpc) is 2.45. The summed E-state index contributed by atoms with van der Waals surface area (Å²) in [6.07, 6.45) is 0. The van der Waals surface area contributed by atoms with E-state index in [4.69, 9.17) is 0 Å². The van der Waals surface area contributed by atoms with Crippen LogP contribution < -0.4 is 0 Å². The Morgan fingerprint density at radius 2 is 1.93 bits per heavy atom. The SMILES string of the molecule is Cc1nc2c(F)cc(F)c(C(C)C)c2s1. The lowest BCUT2D eigenvalue weighted by Crippen LogP contribution is -1.95. The predicted molar refractivity (Wildman–Crippen MR) is 58.4 cm³/mol. The third-order valence-electron chi connectivity index (χ3n) is 2.29. The third kappa shape index (κ3) is 1.63. The lowest BCUT2D eigenvalue weighted by molar-refractivity contribution is 0.573. The van der Waals surface area contributed by atoms with Crippen molar-refractivity contribution in [2.24, 2.45) is 0 Å². The number of benzene rings is 1. The van der Waals surface area contributed by atoms with Gasteiger partial charge in [0.1, 0.15) is 11.3 Å². The Hall–Kier alpha value is -1.03. The molecule has 1 aromatic heterocycles. The summed E-state index contributed by atoms with van der Waals surface area (Å²) in [5.41, 5.74) is 0.861. The summed E-state index contributed by atoms with van der Waals surface area (Å²) in [6, 6.07) is 0.927. The number of rotatable bonds is 1. The van der Waals surface area contributed by atoms with E-state index < -0.39 is 11.6 Å². The Bertz CT molecular complexity index is 517. The molecule has 0 saturated heterocycles. The summed E-state index contributed by atoms with van der Waals surface area (Å²) < 4.78 is 27.6. The van der Waals surface area contributed by atoms with E-state index in [0.717, 1.165) is 11.1 Å². The van der Waals surface area contributed by atoms with Gasteiger partial charge in [0.05, 0.1) is 9.71 Å². The number of hydrogen-bond acceptors (Lipinski definition) is 2. The Labute approximate surface area is 90.8 Å². The van der Waals surface area contributed by atoms with Gasteiger partial charge in [0.25, 0.3) is 0 Å². The van der Waals surface area contributed by atoms with E-state index in [1.165, 1.54) is 11.3 Å². The van der Waals surface area contributed by atoms with Gasteiger partial charge in [-0.3, -0.25) is 0 Å². The molecule has 80 valence electrons. The molecule has 2 rings (SSSR count). The van der Waals surface area contributed by atoms with Crippen LogP contribution in [0.1, 0.15) is 30.3 Å². The third-order valence-corrected chi connectivity index (χ3v) is 3.30. The molecule has 4 heteroatoms. The zero-order valence-electron chi connectivity index (χ0n) is 8.77. The summed E-state index contributed by atoms with van der Waals surface area (Å²) >= 11 is 1.34. The van der Waals surface area contributed by atoms with E-state index in [2.05, 4.69) is 4.98 Å². The molecule has 0 bridgehead atoms. The van der Waals surface area contributed by atoms with Crippen molar-refractivity contribution >= 4 is 21.6 Å². The largest absolute Gasteiger partial charge is 0.238 e. The zero-order valence-corrected chi connectivity index (χ0v) is 9.58.